The van der Waals surface area contributed by atoms with E-state index < -0.39 is 9.84 Å². The van der Waals surface area contributed by atoms with Crippen molar-refractivity contribution < 1.29 is 17.9 Å². The van der Waals surface area contributed by atoms with Gasteiger partial charge in [0.2, 0.25) is 5.88 Å². The van der Waals surface area contributed by atoms with Gasteiger partial charge in [0.1, 0.15) is 29.8 Å². The molecule has 0 atom stereocenters. The van der Waals surface area contributed by atoms with Gasteiger partial charge in [-0.05, 0) is 42.3 Å². The molecule has 178 valence electrons. The number of nitrogens with zero attached hydrogens (tertiary/aromatic N) is 5. The van der Waals surface area contributed by atoms with Gasteiger partial charge in [-0.1, -0.05) is 0 Å². The van der Waals surface area contributed by atoms with E-state index in [0.29, 0.717) is 10.8 Å². The number of fused-ring (bicyclic) bond motifs is 1. The largest absolute Gasteiger partial charge is 0.495 e. The van der Waals surface area contributed by atoms with Gasteiger partial charge in [0.25, 0.3) is 0 Å². The van der Waals surface area contributed by atoms with Gasteiger partial charge in [-0.2, -0.15) is 0 Å². The summed E-state index contributed by atoms with van der Waals surface area (Å²) in [5, 5.41) is 0. The van der Waals surface area contributed by atoms with E-state index in [0.717, 1.165) is 67.5 Å². The first kappa shape index (κ1) is 22.4. The predicted molar refractivity (Wildman–Crippen MR) is 129 cm³/mol. The third-order valence-electron chi connectivity index (χ3n) is 6.29. The van der Waals surface area contributed by atoms with E-state index in [2.05, 4.69) is 24.8 Å². The summed E-state index contributed by atoms with van der Waals surface area (Å²) >= 11 is 0. The van der Waals surface area contributed by atoms with Crippen LogP contribution in [0.15, 0.2) is 53.8 Å². The van der Waals surface area contributed by atoms with Crippen LogP contribution in [0.4, 0.5) is 17.3 Å². The molecule has 2 aliphatic heterocycles. The van der Waals surface area contributed by atoms with Gasteiger partial charge < -0.3 is 19.3 Å². The van der Waals surface area contributed by atoms with Crippen molar-refractivity contribution in [1.82, 2.24) is 15.0 Å². The maximum atomic E-state index is 11.9. The lowest BCUT2D eigenvalue weighted by Crippen LogP contribution is -2.38. The van der Waals surface area contributed by atoms with E-state index >= 15 is 0 Å². The highest BCUT2D eigenvalue weighted by Gasteiger charge is 2.25. The number of methoxy groups -OCH3 is 1. The molecule has 0 radical (unpaired) electrons. The number of sulfone groups is 1. The van der Waals surface area contributed by atoms with Crippen LogP contribution < -0.4 is 19.3 Å². The van der Waals surface area contributed by atoms with Crippen LogP contribution in [-0.4, -0.2) is 62.5 Å². The van der Waals surface area contributed by atoms with Crippen LogP contribution in [0.2, 0.25) is 0 Å². The van der Waals surface area contributed by atoms with Crippen LogP contribution in [0.25, 0.3) is 0 Å². The first-order valence-corrected chi connectivity index (χ1v) is 13.1. The molecule has 3 aromatic rings. The average molecular weight is 482 g/mol. The molecule has 9 nitrogen and oxygen atoms in total. The molecule has 2 aromatic heterocycles. The van der Waals surface area contributed by atoms with Crippen molar-refractivity contribution in [3.8, 4) is 11.6 Å². The molecule has 10 heteroatoms. The Morgan fingerprint density at radius 3 is 2.50 bits per heavy atom. The van der Waals surface area contributed by atoms with Gasteiger partial charge in [-0.25, -0.2) is 23.4 Å². The summed E-state index contributed by atoms with van der Waals surface area (Å²) in [5.74, 6) is 2.98. The second-order valence-electron chi connectivity index (χ2n) is 8.54. The van der Waals surface area contributed by atoms with Crippen LogP contribution >= 0.6 is 0 Å². The lowest BCUT2D eigenvalue weighted by atomic mass is 10.1. The minimum atomic E-state index is -3.23. The summed E-state index contributed by atoms with van der Waals surface area (Å²) in [6.45, 7) is 2.43. The van der Waals surface area contributed by atoms with Crippen LogP contribution in [0.5, 0.6) is 11.6 Å². The lowest BCUT2D eigenvalue weighted by Gasteiger charge is -2.32. The van der Waals surface area contributed by atoms with Gasteiger partial charge >= 0.3 is 0 Å². The highest BCUT2D eigenvalue weighted by molar-refractivity contribution is 7.90. The maximum absolute atomic E-state index is 11.9. The fourth-order valence-electron chi connectivity index (χ4n) is 4.44. The molecule has 0 unspecified atom stereocenters. The van der Waals surface area contributed by atoms with Crippen molar-refractivity contribution in [3.63, 3.8) is 0 Å². The second-order valence-corrected chi connectivity index (χ2v) is 10.6. The summed E-state index contributed by atoms with van der Waals surface area (Å²) in [4.78, 5) is 17.9. The van der Waals surface area contributed by atoms with Gasteiger partial charge in [-0.3, -0.25) is 0 Å². The number of hydrogen-bond donors (Lipinski definition) is 0. The third-order valence-corrected chi connectivity index (χ3v) is 7.40. The van der Waals surface area contributed by atoms with Crippen molar-refractivity contribution >= 4 is 27.2 Å². The molecule has 0 saturated carbocycles. The summed E-state index contributed by atoms with van der Waals surface area (Å²) in [7, 11) is -1.60. The van der Waals surface area contributed by atoms with Crippen LogP contribution in [0, 0.1) is 0 Å². The molecule has 0 bridgehead atoms. The number of rotatable bonds is 6. The molecule has 1 fully saturated rings. The standard InChI is InChI=1S/C24H27N5O4S/c1-32-19-3-6-22(25-15-19)28-10-8-18(9-11-28)33-24-14-23(26-16-27-24)29-12-7-17-13-20(34(2,30)31)4-5-21(17)29/h3-6,13-16,18H,7-12H2,1-2H3. The van der Waals surface area contributed by atoms with E-state index in [9.17, 15) is 8.42 Å². The molecule has 0 amide bonds. The third kappa shape index (κ3) is 4.63. The zero-order valence-electron chi connectivity index (χ0n) is 19.2. The van der Waals surface area contributed by atoms with Crippen molar-refractivity contribution in [2.45, 2.75) is 30.3 Å². The number of hydrogen-bond acceptors (Lipinski definition) is 9. The minimum absolute atomic E-state index is 0.0698. The van der Waals surface area contributed by atoms with Crippen LogP contribution in [-0.2, 0) is 16.3 Å². The summed E-state index contributed by atoms with van der Waals surface area (Å²) in [5.41, 5.74) is 1.97. The zero-order chi connectivity index (χ0) is 23.7. The van der Waals surface area contributed by atoms with Gasteiger partial charge in [0.15, 0.2) is 9.84 Å². The minimum Gasteiger partial charge on any atom is -0.495 e. The van der Waals surface area contributed by atoms with E-state index in [4.69, 9.17) is 9.47 Å². The summed E-state index contributed by atoms with van der Waals surface area (Å²) in [6, 6.07) is 11.0. The van der Waals surface area contributed by atoms with E-state index in [1.54, 1.807) is 25.4 Å². The average Bonchev–Trinajstić information content (AvgIpc) is 3.28. The number of ether oxygens (including phenoxy) is 2. The Bertz CT molecular complexity index is 1270. The number of piperidine rings is 1. The fraction of sp³-hybridized carbons (Fsp3) is 0.375. The monoisotopic (exact) mass is 481 g/mol. The smallest absolute Gasteiger partial charge is 0.218 e. The normalized spacial score (nSPS) is 16.4. The molecule has 0 N–H and O–H groups in total. The number of aromatic nitrogens is 3. The van der Waals surface area contributed by atoms with Crippen LogP contribution in [0.3, 0.4) is 0 Å². The summed E-state index contributed by atoms with van der Waals surface area (Å²) < 4.78 is 35.2. The second kappa shape index (κ2) is 9.09. The molecule has 34 heavy (non-hydrogen) atoms. The molecule has 1 saturated heterocycles. The Kier molecular flexibility index (Phi) is 5.99. The molecular formula is C24H27N5O4S. The number of anilines is 3. The maximum Gasteiger partial charge on any atom is 0.218 e. The molecule has 2 aliphatic rings. The van der Waals surface area contributed by atoms with Crippen molar-refractivity contribution in [3.05, 3.63) is 54.5 Å². The molecule has 1 aromatic carbocycles. The molecule has 0 aliphatic carbocycles. The Hall–Kier alpha value is -3.40. The summed E-state index contributed by atoms with van der Waals surface area (Å²) in [6.07, 6.45) is 7.05. The molecule has 4 heterocycles. The van der Waals surface area contributed by atoms with Gasteiger partial charge in [-0.15, -0.1) is 0 Å². The Balaban J connectivity index is 1.24. The highest BCUT2D eigenvalue weighted by Crippen LogP contribution is 2.35. The first-order valence-electron chi connectivity index (χ1n) is 11.2. The predicted octanol–water partition coefficient (Wildman–Crippen LogP) is 3.03. The topological polar surface area (TPSA) is 97.8 Å². The van der Waals surface area contributed by atoms with E-state index in [1.165, 1.54) is 12.6 Å². The van der Waals surface area contributed by atoms with Gasteiger partial charge in [0, 0.05) is 50.5 Å². The Morgan fingerprint density at radius 2 is 1.79 bits per heavy atom. The fourth-order valence-corrected chi connectivity index (χ4v) is 5.11. The Labute approximate surface area is 199 Å². The van der Waals surface area contributed by atoms with Gasteiger partial charge in [0.05, 0.1) is 18.2 Å². The highest BCUT2D eigenvalue weighted by atomic mass is 32.2. The molecule has 0 spiro atoms. The van der Waals surface area contributed by atoms with Crippen molar-refractivity contribution in [2.24, 2.45) is 0 Å². The lowest BCUT2D eigenvalue weighted by molar-refractivity contribution is 0.163. The van der Waals surface area contributed by atoms with Crippen LogP contribution in [0.1, 0.15) is 18.4 Å². The SMILES string of the molecule is COc1ccc(N2CCC(Oc3cc(N4CCc5cc(S(C)(=O)=O)ccc54)ncn3)CC2)nc1. The number of pyridine rings is 1. The van der Waals surface area contributed by atoms with Crippen molar-refractivity contribution in [1.29, 1.82) is 0 Å². The number of benzene rings is 1. The molecular weight excluding hydrogens is 454 g/mol. The quantitative estimate of drug-likeness (QED) is 0.526. The first-order chi connectivity index (χ1) is 16.4. The van der Waals surface area contributed by atoms with Crippen molar-refractivity contribution in [2.75, 3.05) is 42.8 Å². The molecule has 5 rings (SSSR count). The Morgan fingerprint density at radius 1 is 0.971 bits per heavy atom. The zero-order valence-corrected chi connectivity index (χ0v) is 20.0. The van der Waals surface area contributed by atoms with E-state index in [-0.39, 0.29) is 6.10 Å². The van der Waals surface area contributed by atoms with E-state index in [1.807, 2.05) is 24.3 Å².